The first-order valence-electron chi connectivity index (χ1n) is 13.6. The highest BCUT2D eigenvalue weighted by atomic mass is 19.1. The van der Waals surface area contributed by atoms with Gasteiger partial charge in [0.2, 0.25) is 0 Å². The molecule has 1 aromatic heterocycles. The van der Waals surface area contributed by atoms with E-state index < -0.39 is 11.6 Å². The molecule has 0 spiro atoms. The number of hydrogen-bond acceptors (Lipinski definition) is 6. The highest BCUT2D eigenvalue weighted by Gasteiger charge is 2.29. The molecule has 0 aliphatic carbocycles. The number of halogens is 3. The predicted octanol–water partition coefficient (Wildman–Crippen LogP) is 5.68. The Balaban J connectivity index is 1.38. The van der Waals surface area contributed by atoms with E-state index in [4.69, 9.17) is 4.74 Å². The summed E-state index contributed by atoms with van der Waals surface area (Å²) in [7, 11) is 4.16. The number of anilines is 2. The van der Waals surface area contributed by atoms with Crippen molar-refractivity contribution >= 4 is 11.4 Å². The van der Waals surface area contributed by atoms with Crippen LogP contribution in [0, 0.1) is 17.5 Å². The molecule has 3 aromatic rings. The lowest BCUT2D eigenvalue weighted by Crippen LogP contribution is -2.42. The number of aromatic nitrogens is 2. The van der Waals surface area contributed by atoms with Crippen molar-refractivity contribution in [3.8, 4) is 17.0 Å². The Morgan fingerprint density at radius 1 is 1.00 bits per heavy atom. The lowest BCUT2D eigenvalue weighted by Gasteiger charge is -2.38. The maximum Gasteiger partial charge on any atom is 0.178 e. The summed E-state index contributed by atoms with van der Waals surface area (Å²) < 4.78 is 50.9. The van der Waals surface area contributed by atoms with Crippen LogP contribution in [0.5, 0.6) is 5.75 Å². The van der Waals surface area contributed by atoms with Gasteiger partial charge < -0.3 is 19.4 Å². The van der Waals surface area contributed by atoms with Crippen LogP contribution in [0.3, 0.4) is 0 Å². The molecule has 0 radical (unpaired) electrons. The summed E-state index contributed by atoms with van der Waals surface area (Å²) in [5.74, 6) is -1.01. The number of ether oxygens (including phenoxy) is 1. The van der Waals surface area contributed by atoms with Crippen LogP contribution in [0.25, 0.3) is 11.3 Å². The van der Waals surface area contributed by atoms with E-state index >= 15 is 8.78 Å². The zero-order valence-electron chi connectivity index (χ0n) is 23.2. The molecular weight excluding hydrogens is 503 g/mol. The lowest BCUT2D eigenvalue weighted by molar-refractivity contribution is 0.199. The van der Waals surface area contributed by atoms with Crippen LogP contribution < -0.4 is 14.5 Å². The van der Waals surface area contributed by atoms with Crippen LogP contribution in [0.2, 0.25) is 0 Å². The molecule has 2 aliphatic heterocycles. The molecule has 5 rings (SSSR count). The molecule has 2 aromatic carbocycles. The smallest absolute Gasteiger partial charge is 0.178 e. The first kappa shape index (κ1) is 27.2. The molecule has 1 unspecified atom stereocenters. The van der Waals surface area contributed by atoms with E-state index in [9.17, 15) is 4.39 Å². The van der Waals surface area contributed by atoms with Gasteiger partial charge in [-0.3, -0.25) is 0 Å². The topological polar surface area (TPSA) is 44.7 Å². The Hall–Kier alpha value is -3.33. The van der Waals surface area contributed by atoms with E-state index in [1.807, 2.05) is 31.7 Å². The highest BCUT2D eigenvalue weighted by molar-refractivity contribution is 5.72. The van der Waals surface area contributed by atoms with Gasteiger partial charge >= 0.3 is 0 Å². The summed E-state index contributed by atoms with van der Waals surface area (Å²) >= 11 is 0. The summed E-state index contributed by atoms with van der Waals surface area (Å²) in [6.07, 6.45) is 3.12. The molecule has 0 amide bonds. The van der Waals surface area contributed by atoms with Crippen LogP contribution in [0.4, 0.5) is 24.5 Å². The molecule has 0 N–H and O–H groups in total. The third-order valence-electron chi connectivity index (χ3n) is 7.71. The van der Waals surface area contributed by atoms with Crippen LogP contribution in [0.15, 0.2) is 36.5 Å². The van der Waals surface area contributed by atoms with E-state index in [1.54, 1.807) is 12.1 Å². The SMILES string of the molecule is CC1CN(C(C)C)c2cc(-c3nc(Cc4ccc(N5CCC(N(C)C)CC5)c(F)c4)ncc3F)cc(F)c2O1. The van der Waals surface area contributed by atoms with Crippen molar-refractivity contribution in [2.75, 3.05) is 43.5 Å². The third-order valence-corrected chi connectivity index (χ3v) is 7.71. The van der Waals surface area contributed by atoms with E-state index in [2.05, 4.69) is 33.9 Å². The normalized spacial score (nSPS) is 18.1. The maximum atomic E-state index is 15.1. The summed E-state index contributed by atoms with van der Waals surface area (Å²) in [6, 6.07) is 8.74. The summed E-state index contributed by atoms with van der Waals surface area (Å²) in [4.78, 5) is 14.9. The molecule has 1 saturated heterocycles. The number of nitrogens with zero attached hydrogens (tertiary/aromatic N) is 5. The molecule has 208 valence electrons. The number of piperidine rings is 1. The molecule has 0 saturated carbocycles. The summed E-state index contributed by atoms with van der Waals surface area (Å²) in [6.45, 7) is 8.14. The van der Waals surface area contributed by atoms with Crippen molar-refractivity contribution in [3.63, 3.8) is 0 Å². The van der Waals surface area contributed by atoms with Gasteiger partial charge in [-0.15, -0.1) is 0 Å². The van der Waals surface area contributed by atoms with Gasteiger partial charge in [-0.05, 0) is 77.5 Å². The second-order valence-electron chi connectivity index (χ2n) is 11.1. The number of hydrogen-bond donors (Lipinski definition) is 0. The van der Waals surface area contributed by atoms with E-state index in [-0.39, 0.29) is 35.8 Å². The molecule has 2 aliphatic rings. The largest absolute Gasteiger partial charge is 0.484 e. The van der Waals surface area contributed by atoms with E-state index in [0.29, 0.717) is 40.9 Å². The molecule has 0 bridgehead atoms. The maximum absolute atomic E-state index is 15.1. The quantitative estimate of drug-likeness (QED) is 0.402. The Morgan fingerprint density at radius 2 is 1.74 bits per heavy atom. The average molecular weight is 540 g/mol. The van der Waals surface area contributed by atoms with Crippen LogP contribution >= 0.6 is 0 Å². The fourth-order valence-electron chi connectivity index (χ4n) is 5.56. The minimum absolute atomic E-state index is 0.00452. The standard InChI is InChI=1S/C30H36F3N5O/c1-18(2)38-17-19(3)39-30-24(32)14-21(15-27(30)38)29-25(33)16-34-28(35-29)13-20-6-7-26(23(31)12-20)37-10-8-22(9-11-37)36(4)5/h6-7,12,14-16,18-19,22H,8-11,13,17H2,1-5H3. The zero-order chi connectivity index (χ0) is 27.8. The third kappa shape index (κ3) is 5.69. The average Bonchev–Trinajstić information content (AvgIpc) is 2.90. The molecule has 9 heteroatoms. The monoisotopic (exact) mass is 539 g/mol. The van der Waals surface area contributed by atoms with Gasteiger partial charge in [-0.1, -0.05) is 6.07 Å². The number of rotatable bonds is 6. The number of benzene rings is 2. The van der Waals surface area contributed by atoms with E-state index in [0.717, 1.165) is 32.1 Å². The molecule has 39 heavy (non-hydrogen) atoms. The second-order valence-corrected chi connectivity index (χ2v) is 11.1. The Kier molecular flexibility index (Phi) is 7.71. The fourth-order valence-corrected chi connectivity index (χ4v) is 5.56. The van der Waals surface area contributed by atoms with Gasteiger partial charge in [-0.2, -0.15) is 0 Å². The fraction of sp³-hybridized carbons (Fsp3) is 0.467. The Morgan fingerprint density at radius 3 is 2.41 bits per heavy atom. The van der Waals surface area contributed by atoms with Gasteiger partial charge in [0.15, 0.2) is 17.4 Å². The van der Waals surface area contributed by atoms with Crippen molar-refractivity contribution < 1.29 is 17.9 Å². The van der Waals surface area contributed by atoms with Gasteiger partial charge in [0, 0.05) is 37.2 Å². The van der Waals surface area contributed by atoms with Gasteiger partial charge in [-0.25, -0.2) is 23.1 Å². The second kappa shape index (κ2) is 11.0. The van der Waals surface area contributed by atoms with Crippen molar-refractivity contribution in [1.29, 1.82) is 0 Å². The Labute approximate surface area is 228 Å². The van der Waals surface area contributed by atoms with Gasteiger partial charge in [0.05, 0.1) is 24.1 Å². The highest BCUT2D eigenvalue weighted by Crippen LogP contribution is 2.40. The van der Waals surface area contributed by atoms with Crippen molar-refractivity contribution in [2.45, 2.75) is 58.2 Å². The molecule has 1 fully saturated rings. The number of fused-ring (bicyclic) bond motifs is 1. The van der Waals surface area contributed by atoms with Crippen molar-refractivity contribution in [3.05, 3.63) is 65.4 Å². The molecule has 3 heterocycles. The van der Waals surface area contributed by atoms with Crippen molar-refractivity contribution in [1.82, 2.24) is 14.9 Å². The summed E-state index contributed by atoms with van der Waals surface area (Å²) in [5, 5.41) is 0. The molecular formula is C30H36F3N5O. The van der Waals surface area contributed by atoms with Crippen LogP contribution in [-0.2, 0) is 6.42 Å². The van der Waals surface area contributed by atoms with Gasteiger partial charge in [0.25, 0.3) is 0 Å². The van der Waals surface area contributed by atoms with Crippen LogP contribution in [-0.4, -0.2) is 66.8 Å². The minimum atomic E-state index is -0.651. The zero-order valence-corrected chi connectivity index (χ0v) is 23.2. The predicted molar refractivity (Wildman–Crippen MR) is 148 cm³/mol. The van der Waals surface area contributed by atoms with Crippen molar-refractivity contribution in [2.24, 2.45) is 0 Å². The summed E-state index contributed by atoms with van der Waals surface area (Å²) in [5.41, 5.74) is 2.16. The first-order chi connectivity index (χ1) is 18.6. The molecule has 6 nitrogen and oxygen atoms in total. The first-order valence-corrected chi connectivity index (χ1v) is 13.6. The minimum Gasteiger partial charge on any atom is -0.484 e. The van der Waals surface area contributed by atoms with Crippen LogP contribution in [0.1, 0.15) is 45.0 Å². The Bertz CT molecular complexity index is 1340. The lowest BCUT2D eigenvalue weighted by atomic mass is 10.0. The van der Waals surface area contributed by atoms with E-state index in [1.165, 1.54) is 12.1 Å². The molecule has 1 atom stereocenters. The van der Waals surface area contributed by atoms with Gasteiger partial charge in [0.1, 0.15) is 23.4 Å².